The molecule has 1 aliphatic heterocycles. The number of hydrogen-bond donors (Lipinski definition) is 3. The monoisotopic (exact) mass is 278 g/mol. The van der Waals surface area contributed by atoms with Crippen molar-refractivity contribution in [3.63, 3.8) is 0 Å². The zero-order valence-electron chi connectivity index (χ0n) is 12.2. The van der Waals surface area contributed by atoms with Crippen LogP contribution >= 0.6 is 0 Å². The third-order valence-electron chi connectivity index (χ3n) is 3.61. The highest BCUT2D eigenvalue weighted by Gasteiger charge is 2.23. The number of anilines is 2. The van der Waals surface area contributed by atoms with E-state index < -0.39 is 0 Å². The molecule has 0 saturated carbocycles. The van der Waals surface area contributed by atoms with Crippen LogP contribution in [-0.2, 0) is 11.2 Å². The molecular weight excluding hydrogens is 256 g/mol. The van der Waals surface area contributed by atoms with E-state index >= 15 is 0 Å². The minimum absolute atomic E-state index is 0.195. The number of carbonyl (C=O) groups is 1. The summed E-state index contributed by atoms with van der Waals surface area (Å²) in [5.41, 5.74) is 3.50. The van der Waals surface area contributed by atoms with Crippen LogP contribution in [0.1, 0.15) is 31.2 Å². The van der Waals surface area contributed by atoms with Gasteiger partial charge in [0.05, 0.1) is 0 Å². The first-order valence-corrected chi connectivity index (χ1v) is 6.89. The van der Waals surface area contributed by atoms with E-state index in [0.717, 1.165) is 30.0 Å². The maximum absolute atomic E-state index is 11.5. The number of nitrogens with zero attached hydrogens (tertiary/aromatic N) is 3. The van der Waals surface area contributed by atoms with Crippen molar-refractivity contribution in [1.29, 1.82) is 0 Å². The van der Waals surface area contributed by atoms with E-state index in [1.54, 1.807) is 4.90 Å². The average Bonchev–Trinajstić information content (AvgIpc) is 2.45. The minimum atomic E-state index is 0.195. The molecule has 4 N–H and O–H groups in total. The molecule has 1 aromatic heterocycles. The number of nitrogens with one attached hydrogen (secondary N) is 2. The maximum atomic E-state index is 11.5. The van der Waals surface area contributed by atoms with Crippen LogP contribution in [0.5, 0.6) is 0 Å². The minimum Gasteiger partial charge on any atom is -0.365 e. The normalized spacial score (nSPS) is 19.1. The highest BCUT2D eigenvalue weighted by molar-refractivity contribution is 5.77. The zero-order valence-corrected chi connectivity index (χ0v) is 12.2. The number of aryl methyl sites for hydroxylation is 1. The molecule has 1 amide bonds. The van der Waals surface area contributed by atoms with E-state index in [2.05, 4.69) is 20.7 Å². The van der Waals surface area contributed by atoms with Crippen molar-refractivity contribution in [2.45, 2.75) is 39.2 Å². The second kappa shape index (κ2) is 6.04. The highest BCUT2D eigenvalue weighted by Crippen LogP contribution is 2.22. The van der Waals surface area contributed by atoms with Gasteiger partial charge in [-0.1, -0.05) is 6.92 Å². The van der Waals surface area contributed by atoms with Crippen molar-refractivity contribution in [2.75, 3.05) is 24.3 Å². The van der Waals surface area contributed by atoms with E-state index in [-0.39, 0.29) is 11.9 Å². The van der Waals surface area contributed by atoms with Gasteiger partial charge in [-0.3, -0.25) is 4.79 Å². The lowest BCUT2D eigenvalue weighted by Crippen LogP contribution is -2.43. The molecule has 20 heavy (non-hydrogen) atoms. The van der Waals surface area contributed by atoms with Crippen molar-refractivity contribution < 1.29 is 4.79 Å². The van der Waals surface area contributed by atoms with Crippen LogP contribution < -0.4 is 16.6 Å². The Labute approximate surface area is 118 Å². The van der Waals surface area contributed by atoms with Gasteiger partial charge < -0.3 is 15.6 Å². The van der Waals surface area contributed by atoms with Gasteiger partial charge in [-0.2, -0.15) is 0 Å². The molecule has 7 heteroatoms. The zero-order chi connectivity index (χ0) is 14.7. The summed E-state index contributed by atoms with van der Waals surface area (Å²) < 4.78 is 0. The van der Waals surface area contributed by atoms with Crippen LogP contribution in [0.2, 0.25) is 0 Å². The van der Waals surface area contributed by atoms with Crippen molar-refractivity contribution in [1.82, 2.24) is 14.9 Å². The largest absolute Gasteiger partial charge is 0.365 e. The first-order chi connectivity index (χ1) is 9.55. The van der Waals surface area contributed by atoms with Crippen LogP contribution in [0.15, 0.2) is 0 Å². The van der Waals surface area contributed by atoms with E-state index in [1.807, 2.05) is 20.9 Å². The molecule has 1 unspecified atom stereocenters. The number of aromatic nitrogens is 2. The van der Waals surface area contributed by atoms with Gasteiger partial charge in [0.25, 0.3) is 0 Å². The van der Waals surface area contributed by atoms with Gasteiger partial charge in [0.1, 0.15) is 17.5 Å². The van der Waals surface area contributed by atoms with Crippen molar-refractivity contribution in [3.05, 3.63) is 11.4 Å². The summed E-state index contributed by atoms with van der Waals surface area (Å²) in [5.74, 6) is 7.86. The summed E-state index contributed by atoms with van der Waals surface area (Å²) in [4.78, 5) is 22.1. The Morgan fingerprint density at radius 2 is 2.10 bits per heavy atom. The lowest BCUT2D eigenvalue weighted by Gasteiger charge is -2.31. The van der Waals surface area contributed by atoms with Gasteiger partial charge >= 0.3 is 0 Å². The molecule has 1 fully saturated rings. The molecule has 2 heterocycles. The fourth-order valence-corrected chi connectivity index (χ4v) is 2.33. The van der Waals surface area contributed by atoms with E-state index in [1.165, 1.54) is 0 Å². The SMILES string of the molecule is CCc1nc(NN)c(C)c(NC2CCC(=O)N(C)C2)n1. The summed E-state index contributed by atoms with van der Waals surface area (Å²) in [6.07, 6.45) is 2.13. The molecule has 0 spiro atoms. The quantitative estimate of drug-likeness (QED) is 0.553. The molecule has 7 nitrogen and oxygen atoms in total. The molecule has 1 aromatic rings. The molecule has 1 saturated heterocycles. The Morgan fingerprint density at radius 3 is 2.70 bits per heavy atom. The second-order valence-electron chi connectivity index (χ2n) is 5.11. The highest BCUT2D eigenvalue weighted by atomic mass is 16.2. The lowest BCUT2D eigenvalue weighted by atomic mass is 10.1. The maximum Gasteiger partial charge on any atom is 0.222 e. The third kappa shape index (κ3) is 2.98. The van der Waals surface area contributed by atoms with Gasteiger partial charge in [-0.05, 0) is 13.3 Å². The van der Waals surface area contributed by atoms with Crippen LogP contribution in [0.3, 0.4) is 0 Å². The van der Waals surface area contributed by atoms with Gasteiger partial charge in [0, 0.05) is 38.0 Å². The number of hydrazine groups is 1. The number of piperidine rings is 1. The van der Waals surface area contributed by atoms with Crippen LogP contribution in [0, 0.1) is 6.92 Å². The Kier molecular flexibility index (Phi) is 4.39. The predicted molar refractivity (Wildman–Crippen MR) is 78.2 cm³/mol. The molecule has 0 aromatic carbocycles. The first kappa shape index (κ1) is 14.5. The van der Waals surface area contributed by atoms with Gasteiger partial charge in [-0.15, -0.1) is 0 Å². The molecule has 1 atom stereocenters. The molecule has 0 radical (unpaired) electrons. The number of likely N-dealkylation sites (tertiary alicyclic amines) is 1. The van der Waals surface area contributed by atoms with Crippen LogP contribution in [0.4, 0.5) is 11.6 Å². The molecule has 0 bridgehead atoms. The number of rotatable bonds is 4. The fraction of sp³-hybridized carbons (Fsp3) is 0.615. The lowest BCUT2D eigenvalue weighted by molar-refractivity contribution is -0.132. The first-order valence-electron chi connectivity index (χ1n) is 6.89. The topological polar surface area (TPSA) is 96.2 Å². The Hall–Kier alpha value is -1.89. The fourth-order valence-electron chi connectivity index (χ4n) is 2.33. The predicted octanol–water partition coefficient (Wildman–Crippen LogP) is 0.666. The van der Waals surface area contributed by atoms with E-state index in [4.69, 9.17) is 5.84 Å². The Bertz CT molecular complexity index is 504. The Morgan fingerprint density at radius 1 is 1.40 bits per heavy atom. The molecule has 1 aliphatic rings. The van der Waals surface area contributed by atoms with Crippen molar-refractivity contribution in [3.8, 4) is 0 Å². The number of nitrogen functional groups attached to an aromatic ring is 1. The van der Waals surface area contributed by atoms with Crippen molar-refractivity contribution >= 4 is 17.5 Å². The summed E-state index contributed by atoms with van der Waals surface area (Å²) in [6.45, 7) is 4.62. The summed E-state index contributed by atoms with van der Waals surface area (Å²) in [5, 5.41) is 3.41. The van der Waals surface area contributed by atoms with Crippen LogP contribution in [0.25, 0.3) is 0 Å². The van der Waals surface area contributed by atoms with Gasteiger partial charge in [0.15, 0.2) is 0 Å². The molecular formula is C13H22N6O. The van der Waals surface area contributed by atoms with Crippen molar-refractivity contribution in [2.24, 2.45) is 5.84 Å². The number of amides is 1. The van der Waals surface area contributed by atoms with Gasteiger partial charge in [0.2, 0.25) is 5.91 Å². The summed E-state index contributed by atoms with van der Waals surface area (Å²) >= 11 is 0. The summed E-state index contributed by atoms with van der Waals surface area (Å²) in [7, 11) is 1.83. The Balaban J connectivity index is 2.18. The molecule has 2 rings (SSSR count). The van der Waals surface area contributed by atoms with E-state index in [9.17, 15) is 4.79 Å². The summed E-state index contributed by atoms with van der Waals surface area (Å²) in [6, 6.07) is 0.210. The number of nitrogens with two attached hydrogens (primary N) is 1. The number of hydrogen-bond acceptors (Lipinski definition) is 6. The van der Waals surface area contributed by atoms with Gasteiger partial charge in [-0.25, -0.2) is 15.8 Å². The second-order valence-corrected chi connectivity index (χ2v) is 5.11. The molecule has 110 valence electrons. The number of likely N-dealkylation sites (N-methyl/N-ethyl adjacent to an activating group) is 1. The standard InChI is InChI=1S/C13H22N6O/c1-4-10-16-12(8(2)13(17-10)18-14)15-9-5-6-11(20)19(3)7-9/h9H,4-7,14H2,1-3H3,(H2,15,16,17,18). The van der Waals surface area contributed by atoms with Crippen LogP contribution in [-0.4, -0.2) is 40.4 Å². The smallest absolute Gasteiger partial charge is 0.222 e. The number of carbonyl (C=O) groups excluding carboxylic acids is 1. The molecule has 0 aliphatic carbocycles. The average molecular weight is 278 g/mol. The third-order valence-corrected chi connectivity index (χ3v) is 3.61. The van der Waals surface area contributed by atoms with E-state index in [0.29, 0.717) is 18.8 Å².